The molecule has 0 saturated carbocycles. The minimum absolute atomic E-state index is 0.207. The molecule has 2 rings (SSSR count). The van der Waals surface area contributed by atoms with Crippen molar-refractivity contribution in [1.29, 1.82) is 0 Å². The van der Waals surface area contributed by atoms with Crippen LogP contribution in [-0.2, 0) is 0 Å². The molecule has 0 N–H and O–H groups in total. The van der Waals surface area contributed by atoms with E-state index >= 15 is 0 Å². The lowest BCUT2D eigenvalue weighted by molar-refractivity contribution is 0.0645. The van der Waals surface area contributed by atoms with E-state index in [0.717, 1.165) is 12.5 Å². The van der Waals surface area contributed by atoms with Crippen molar-refractivity contribution in [2.75, 3.05) is 13.1 Å². The first-order chi connectivity index (χ1) is 7.09. The first-order valence-electron chi connectivity index (χ1n) is 4.53. The highest BCUT2D eigenvalue weighted by Gasteiger charge is 2.25. The lowest BCUT2D eigenvalue weighted by Gasteiger charge is -2.31. The molecule has 2 nitrogen and oxygen atoms in total. The van der Waals surface area contributed by atoms with Crippen LogP contribution in [0.3, 0.4) is 0 Å². The Morgan fingerprint density at radius 3 is 2.53 bits per heavy atom. The molecule has 0 aliphatic carbocycles. The van der Waals surface area contributed by atoms with Gasteiger partial charge in [0, 0.05) is 17.6 Å². The van der Waals surface area contributed by atoms with E-state index in [2.05, 4.69) is 15.9 Å². The Kier molecular flexibility index (Phi) is 2.73. The minimum atomic E-state index is -1.07. The zero-order valence-corrected chi connectivity index (χ0v) is 9.35. The van der Waals surface area contributed by atoms with Crippen molar-refractivity contribution >= 4 is 21.8 Å². The van der Waals surface area contributed by atoms with Crippen LogP contribution in [0.25, 0.3) is 0 Å². The third kappa shape index (κ3) is 1.88. The molecule has 0 radical (unpaired) electrons. The number of rotatable bonds is 1. The highest BCUT2D eigenvalue weighted by molar-refractivity contribution is 9.10. The molecule has 1 aliphatic rings. The predicted molar refractivity (Wildman–Crippen MR) is 54.6 cm³/mol. The molecular formula is C10H8BrF2NO. The fourth-order valence-corrected chi connectivity index (χ4v) is 1.83. The third-order valence-electron chi connectivity index (χ3n) is 2.37. The highest BCUT2D eigenvalue weighted by Crippen LogP contribution is 2.22. The van der Waals surface area contributed by atoms with E-state index in [1.165, 1.54) is 11.0 Å². The Balaban J connectivity index is 2.38. The molecule has 1 aliphatic heterocycles. The molecule has 5 heteroatoms. The summed E-state index contributed by atoms with van der Waals surface area (Å²) in [5.41, 5.74) is -0.207. The maximum atomic E-state index is 13.3. The number of amides is 1. The fraction of sp³-hybridized carbons (Fsp3) is 0.300. The van der Waals surface area contributed by atoms with E-state index in [4.69, 9.17) is 0 Å². The number of nitrogens with zero attached hydrogens (tertiary/aromatic N) is 1. The van der Waals surface area contributed by atoms with Crippen LogP contribution in [0.5, 0.6) is 0 Å². The molecule has 0 atom stereocenters. The number of hydrogen-bond acceptors (Lipinski definition) is 1. The number of benzene rings is 1. The Morgan fingerprint density at radius 2 is 2.00 bits per heavy atom. The molecule has 0 bridgehead atoms. The molecule has 1 saturated heterocycles. The lowest BCUT2D eigenvalue weighted by Crippen LogP contribution is -2.42. The van der Waals surface area contributed by atoms with Gasteiger partial charge in [-0.1, -0.05) is 15.9 Å². The summed E-state index contributed by atoms with van der Waals surface area (Å²) >= 11 is 3.03. The maximum Gasteiger partial charge on any atom is 0.256 e. The van der Waals surface area contributed by atoms with Crippen LogP contribution in [0.2, 0.25) is 0 Å². The SMILES string of the molecule is O=C(c1cc(Br)cc(F)c1F)N1CCC1. The van der Waals surface area contributed by atoms with Gasteiger partial charge in [-0.05, 0) is 18.6 Å². The summed E-state index contributed by atoms with van der Waals surface area (Å²) in [7, 11) is 0. The average molecular weight is 276 g/mol. The molecule has 0 spiro atoms. The molecule has 80 valence electrons. The van der Waals surface area contributed by atoms with Crippen LogP contribution in [0.4, 0.5) is 8.78 Å². The maximum absolute atomic E-state index is 13.3. The first-order valence-corrected chi connectivity index (χ1v) is 5.32. The molecule has 1 aromatic carbocycles. The van der Waals surface area contributed by atoms with Crippen molar-refractivity contribution in [3.05, 3.63) is 33.8 Å². The summed E-state index contributed by atoms with van der Waals surface area (Å²) in [4.78, 5) is 13.1. The Morgan fingerprint density at radius 1 is 1.33 bits per heavy atom. The van der Waals surface area contributed by atoms with Crippen LogP contribution >= 0.6 is 15.9 Å². The van der Waals surface area contributed by atoms with Gasteiger partial charge >= 0.3 is 0 Å². The van der Waals surface area contributed by atoms with Crippen LogP contribution in [0, 0.1) is 11.6 Å². The van der Waals surface area contributed by atoms with Crippen molar-refractivity contribution in [2.24, 2.45) is 0 Å². The van der Waals surface area contributed by atoms with Gasteiger partial charge in [-0.2, -0.15) is 0 Å². The van der Waals surface area contributed by atoms with Gasteiger partial charge in [0.05, 0.1) is 5.56 Å². The summed E-state index contributed by atoms with van der Waals surface area (Å²) in [5.74, 6) is -2.53. The van der Waals surface area contributed by atoms with Crippen molar-refractivity contribution in [2.45, 2.75) is 6.42 Å². The van der Waals surface area contributed by atoms with Crippen molar-refractivity contribution in [1.82, 2.24) is 4.90 Å². The van der Waals surface area contributed by atoms with Crippen molar-refractivity contribution in [3.8, 4) is 0 Å². The summed E-state index contributed by atoms with van der Waals surface area (Å²) < 4.78 is 26.7. The van der Waals surface area contributed by atoms with E-state index in [-0.39, 0.29) is 5.56 Å². The van der Waals surface area contributed by atoms with Gasteiger partial charge in [0.25, 0.3) is 5.91 Å². The summed E-state index contributed by atoms with van der Waals surface area (Å²) in [6, 6.07) is 2.31. The van der Waals surface area contributed by atoms with E-state index in [1.807, 2.05) is 0 Å². The number of carbonyl (C=O) groups excluding carboxylic acids is 1. The second-order valence-corrected chi connectivity index (χ2v) is 4.31. The molecule has 0 unspecified atom stereocenters. The monoisotopic (exact) mass is 275 g/mol. The van der Waals surface area contributed by atoms with Crippen LogP contribution in [0.15, 0.2) is 16.6 Å². The van der Waals surface area contributed by atoms with E-state index in [0.29, 0.717) is 17.6 Å². The summed E-state index contributed by atoms with van der Waals surface area (Å²) in [5, 5.41) is 0. The molecule has 1 fully saturated rings. The second-order valence-electron chi connectivity index (χ2n) is 3.39. The van der Waals surface area contributed by atoms with Crippen LogP contribution < -0.4 is 0 Å². The molecule has 1 amide bonds. The largest absolute Gasteiger partial charge is 0.338 e. The van der Waals surface area contributed by atoms with E-state index in [9.17, 15) is 13.6 Å². The van der Waals surface area contributed by atoms with Gasteiger partial charge in [-0.25, -0.2) is 8.78 Å². The Bertz CT molecular complexity index is 418. The molecule has 1 aromatic rings. The molecule has 1 heterocycles. The minimum Gasteiger partial charge on any atom is -0.338 e. The second kappa shape index (κ2) is 3.89. The quantitative estimate of drug-likeness (QED) is 0.722. The number of hydrogen-bond donors (Lipinski definition) is 0. The van der Waals surface area contributed by atoms with Gasteiger partial charge in [0.2, 0.25) is 0 Å². The normalized spacial score (nSPS) is 15.0. The Hall–Kier alpha value is -0.970. The highest BCUT2D eigenvalue weighted by atomic mass is 79.9. The first kappa shape index (κ1) is 10.5. The number of halogens is 3. The van der Waals surface area contributed by atoms with Crippen molar-refractivity contribution in [3.63, 3.8) is 0 Å². The van der Waals surface area contributed by atoms with Crippen molar-refractivity contribution < 1.29 is 13.6 Å². The predicted octanol–water partition coefficient (Wildman–Crippen LogP) is 2.57. The van der Waals surface area contributed by atoms with Crippen LogP contribution in [-0.4, -0.2) is 23.9 Å². The summed E-state index contributed by atoms with van der Waals surface area (Å²) in [6.07, 6.45) is 0.920. The zero-order valence-electron chi connectivity index (χ0n) is 7.77. The van der Waals surface area contributed by atoms with Gasteiger partial charge < -0.3 is 4.90 Å². The zero-order chi connectivity index (χ0) is 11.0. The van der Waals surface area contributed by atoms with Gasteiger partial charge in [-0.3, -0.25) is 4.79 Å². The van der Waals surface area contributed by atoms with E-state index in [1.54, 1.807) is 0 Å². The Labute approximate surface area is 94.0 Å². The van der Waals surface area contributed by atoms with Gasteiger partial charge in [0.15, 0.2) is 11.6 Å². The topological polar surface area (TPSA) is 20.3 Å². The standard InChI is InChI=1S/C10H8BrF2NO/c11-6-4-7(9(13)8(12)5-6)10(15)14-2-1-3-14/h4-5H,1-3H2. The lowest BCUT2D eigenvalue weighted by atomic mass is 10.1. The van der Waals surface area contributed by atoms with Gasteiger partial charge in [-0.15, -0.1) is 0 Å². The summed E-state index contributed by atoms with van der Waals surface area (Å²) in [6.45, 7) is 1.23. The molecular weight excluding hydrogens is 268 g/mol. The molecule has 0 aromatic heterocycles. The number of carbonyl (C=O) groups is 1. The molecule has 15 heavy (non-hydrogen) atoms. The van der Waals surface area contributed by atoms with Crippen LogP contribution in [0.1, 0.15) is 16.8 Å². The van der Waals surface area contributed by atoms with Gasteiger partial charge in [0.1, 0.15) is 0 Å². The third-order valence-corrected chi connectivity index (χ3v) is 2.82. The fourth-order valence-electron chi connectivity index (χ4n) is 1.40. The van der Waals surface area contributed by atoms with E-state index < -0.39 is 17.5 Å². The number of likely N-dealkylation sites (tertiary alicyclic amines) is 1. The smallest absolute Gasteiger partial charge is 0.256 e. The average Bonchev–Trinajstić information content (AvgIpc) is 2.08.